The van der Waals surface area contributed by atoms with Gasteiger partial charge in [-0.3, -0.25) is 9.59 Å². The Kier molecular flexibility index (Phi) is 3.68. The largest absolute Gasteiger partial charge is 0.451 e. The number of amides is 2. The number of carbonyl (C=O) groups is 2. The number of furan rings is 1. The third kappa shape index (κ3) is 2.73. The summed E-state index contributed by atoms with van der Waals surface area (Å²) in [7, 11) is 0. The number of carbonyl (C=O) groups excluding carboxylic acids is 2. The van der Waals surface area contributed by atoms with Crippen molar-refractivity contribution in [2.45, 2.75) is 0 Å². The maximum absolute atomic E-state index is 12.3. The minimum Gasteiger partial charge on any atom is -0.451 e. The van der Waals surface area contributed by atoms with Gasteiger partial charge in [-0.1, -0.05) is 28.1 Å². The van der Waals surface area contributed by atoms with Gasteiger partial charge < -0.3 is 15.5 Å². The van der Waals surface area contributed by atoms with Crippen molar-refractivity contribution in [2.24, 2.45) is 5.73 Å². The number of nitrogens with two attached hydrogens (primary N) is 1. The van der Waals surface area contributed by atoms with Crippen LogP contribution in [0, 0.1) is 0 Å². The lowest BCUT2D eigenvalue weighted by molar-refractivity contribution is 0.0998. The molecule has 0 radical (unpaired) electrons. The number of hydrogen-bond acceptors (Lipinski definition) is 3. The fourth-order valence-electron chi connectivity index (χ4n) is 2.12. The summed E-state index contributed by atoms with van der Waals surface area (Å²) in [4.78, 5) is 23.6. The summed E-state index contributed by atoms with van der Waals surface area (Å²) < 4.78 is 6.40. The smallest absolute Gasteiger partial charge is 0.291 e. The molecule has 0 saturated carbocycles. The lowest BCUT2D eigenvalue weighted by Gasteiger charge is -2.06. The number of para-hydroxylation sites is 1. The molecule has 22 heavy (non-hydrogen) atoms. The summed E-state index contributed by atoms with van der Waals surface area (Å²) >= 11 is 3.36. The topological polar surface area (TPSA) is 85.3 Å². The first-order valence-corrected chi connectivity index (χ1v) is 7.23. The molecule has 110 valence electrons. The zero-order valence-electron chi connectivity index (χ0n) is 11.3. The second-order valence-electron chi connectivity index (χ2n) is 4.66. The maximum Gasteiger partial charge on any atom is 0.291 e. The number of hydrogen-bond donors (Lipinski definition) is 2. The Morgan fingerprint density at radius 2 is 1.86 bits per heavy atom. The summed E-state index contributed by atoms with van der Waals surface area (Å²) in [5.74, 6) is -0.891. The fourth-order valence-corrected chi connectivity index (χ4v) is 2.50. The van der Waals surface area contributed by atoms with E-state index in [1.54, 1.807) is 36.4 Å². The molecule has 0 aliphatic heterocycles. The van der Waals surface area contributed by atoms with Crippen LogP contribution in [0.3, 0.4) is 0 Å². The molecule has 3 aromatic rings. The zero-order valence-corrected chi connectivity index (χ0v) is 12.9. The molecule has 1 heterocycles. The molecule has 0 atom stereocenters. The molecule has 2 aromatic carbocycles. The molecule has 0 saturated heterocycles. The molecular formula is C16H11BrN2O3. The normalized spacial score (nSPS) is 10.6. The average molecular weight is 359 g/mol. The molecule has 0 unspecified atom stereocenters. The van der Waals surface area contributed by atoms with Gasteiger partial charge in [-0.25, -0.2) is 0 Å². The highest BCUT2D eigenvalue weighted by atomic mass is 79.9. The first-order valence-electron chi connectivity index (χ1n) is 6.44. The molecule has 5 nitrogen and oxygen atoms in total. The second kappa shape index (κ2) is 5.65. The van der Waals surface area contributed by atoms with Gasteiger partial charge in [-0.15, -0.1) is 0 Å². The second-order valence-corrected chi connectivity index (χ2v) is 5.57. The number of halogens is 1. The Morgan fingerprint density at radius 3 is 2.64 bits per heavy atom. The minimum atomic E-state index is -0.607. The van der Waals surface area contributed by atoms with Crippen LogP contribution in [0.2, 0.25) is 0 Å². The number of anilines is 1. The number of primary amides is 1. The van der Waals surface area contributed by atoms with E-state index in [1.807, 2.05) is 12.1 Å². The Labute approximate surface area is 134 Å². The molecule has 1 aromatic heterocycles. The SMILES string of the molecule is NC(=O)c1ccccc1NC(=O)c1cc2cc(Br)ccc2o1. The Balaban J connectivity index is 1.92. The highest BCUT2D eigenvalue weighted by Crippen LogP contribution is 2.24. The van der Waals surface area contributed by atoms with Gasteiger partial charge in [0.15, 0.2) is 5.76 Å². The van der Waals surface area contributed by atoms with Crippen LogP contribution in [-0.4, -0.2) is 11.8 Å². The molecule has 0 bridgehead atoms. The minimum absolute atomic E-state index is 0.160. The molecule has 0 spiro atoms. The Hall–Kier alpha value is -2.60. The molecule has 0 aliphatic carbocycles. The summed E-state index contributed by atoms with van der Waals surface area (Å²) in [6, 6.07) is 13.6. The third-order valence-corrected chi connectivity index (χ3v) is 3.64. The first kappa shape index (κ1) is 14.3. The predicted molar refractivity (Wildman–Crippen MR) is 86.8 cm³/mol. The van der Waals surface area contributed by atoms with Crippen molar-refractivity contribution in [3.8, 4) is 0 Å². The van der Waals surface area contributed by atoms with Gasteiger partial charge in [0, 0.05) is 9.86 Å². The number of rotatable bonds is 3. The molecule has 2 amide bonds. The van der Waals surface area contributed by atoms with Crippen molar-refractivity contribution in [3.05, 3.63) is 64.3 Å². The molecule has 6 heteroatoms. The van der Waals surface area contributed by atoms with Crippen molar-refractivity contribution in [2.75, 3.05) is 5.32 Å². The Morgan fingerprint density at radius 1 is 1.09 bits per heavy atom. The molecule has 0 aliphatic rings. The van der Waals surface area contributed by atoms with Gasteiger partial charge in [-0.2, -0.15) is 0 Å². The molecule has 0 fully saturated rings. The van der Waals surface area contributed by atoms with E-state index in [0.717, 1.165) is 9.86 Å². The van der Waals surface area contributed by atoms with Gasteiger partial charge in [0.2, 0.25) is 0 Å². The van der Waals surface area contributed by atoms with E-state index in [2.05, 4.69) is 21.2 Å². The van der Waals surface area contributed by atoms with Gasteiger partial charge in [-0.05, 0) is 36.4 Å². The average Bonchev–Trinajstić information content (AvgIpc) is 2.90. The van der Waals surface area contributed by atoms with Gasteiger partial charge in [0.25, 0.3) is 11.8 Å². The van der Waals surface area contributed by atoms with Crippen LogP contribution in [0.5, 0.6) is 0 Å². The first-order chi connectivity index (χ1) is 10.5. The summed E-state index contributed by atoms with van der Waals surface area (Å²) in [6.07, 6.45) is 0. The van der Waals surface area contributed by atoms with Crippen molar-refractivity contribution in [3.63, 3.8) is 0 Å². The van der Waals surface area contributed by atoms with E-state index < -0.39 is 11.8 Å². The van der Waals surface area contributed by atoms with Crippen molar-refractivity contribution < 1.29 is 14.0 Å². The fraction of sp³-hybridized carbons (Fsp3) is 0. The highest BCUT2D eigenvalue weighted by Gasteiger charge is 2.15. The van der Waals surface area contributed by atoms with Crippen LogP contribution in [0.4, 0.5) is 5.69 Å². The zero-order chi connectivity index (χ0) is 15.7. The number of nitrogens with one attached hydrogen (secondary N) is 1. The Bertz CT molecular complexity index is 886. The van der Waals surface area contributed by atoms with Crippen LogP contribution in [0.15, 0.2) is 57.4 Å². The van der Waals surface area contributed by atoms with Crippen LogP contribution < -0.4 is 11.1 Å². The van der Waals surface area contributed by atoms with Crippen LogP contribution >= 0.6 is 15.9 Å². The summed E-state index contributed by atoms with van der Waals surface area (Å²) in [6.45, 7) is 0. The lowest BCUT2D eigenvalue weighted by atomic mass is 10.1. The van der Waals surface area contributed by atoms with Crippen LogP contribution in [0.25, 0.3) is 11.0 Å². The van der Waals surface area contributed by atoms with E-state index in [-0.39, 0.29) is 11.3 Å². The van der Waals surface area contributed by atoms with Crippen molar-refractivity contribution >= 4 is 44.4 Å². The van der Waals surface area contributed by atoms with Gasteiger partial charge in [0.1, 0.15) is 5.58 Å². The van der Waals surface area contributed by atoms with Gasteiger partial charge >= 0.3 is 0 Å². The lowest BCUT2D eigenvalue weighted by Crippen LogP contribution is -2.17. The van der Waals surface area contributed by atoms with E-state index in [9.17, 15) is 9.59 Å². The van der Waals surface area contributed by atoms with Crippen LogP contribution in [-0.2, 0) is 0 Å². The van der Waals surface area contributed by atoms with Crippen LogP contribution in [0.1, 0.15) is 20.9 Å². The summed E-state index contributed by atoms with van der Waals surface area (Å²) in [5, 5.41) is 3.45. The van der Waals surface area contributed by atoms with E-state index in [0.29, 0.717) is 11.3 Å². The quantitative estimate of drug-likeness (QED) is 0.750. The molecular weight excluding hydrogens is 348 g/mol. The van der Waals surface area contributed by atoms with E-state index in [4.69, 9.17) is 10.2 Å². The maximum atomic E-state index is 12.3. The van der Waals surface area contributed by atoms with E-state index in [1.165, 1.54) is 0 Å². The highest BCUT2D eigenvalue weighted by molar-refractivity contribution is 9.10. The van der Waals surface area contributed by atoms with Crippen molar-refractivity contribution in [1.29, 1.82) is 0 Å². The molecule has 3 rings (SSSR count). The number of fused-ring (bicyclic) bond motifs is 1. The standard InChI is InChI=1S/C16H11BrN2O3/c17-10-5-6-13-9(7-10)8-14(22-13)16(21)19-12-4-2-1-3-11(12)15(18)20/h1-8H,(H2,18,20)(H,19,21). The monoisotopic (exact) mass is 358 g/mol. The third-order valence-electron chi connectivity index (χ3n) is 3.14. The van der Waals surface area contributed by atoms with Crippen molar-refractivity contribution in [1.82, 2.24) is 0 Å². The predicted octanol–water partition coefficient (Wildman–Crippen LogP) is 3.55. The number of benzene rings is 2. The van der Waals surface area contributed by atoms with Gasteiger partial charge in [0.05, 0.1) is 11.3 Å². The molecule has 3 N–H and O–H groups in total. The summed E-state index contributed by atoms with van der Waals surface area (Å²) in [5.41, 5.74) is 6.49. The van der Waals surface area contributed by atoms with E-state index >= 15 is 0 Å².